The number of benzene rings is 2. The van der Waals surface area contributed by atoms with Crippen molar-refractivity contribution in [1.82, 2.24) is 4.57 Å². The van der Waals surface area contributed by atoms with Gasteiger partial charge in [-0.1, -0.05) is 204 Å². The molecule has 0 fully saturated rings. The van der Waals surface area contributed by atoms with Crippen LogP contribution in [0.2, 0.25) is 0 Å². The fourth-order valence-electron chi connectivity index (χ4n) is 7.04. The van der Waals surface area contributed by atoms with Crippen LogP contribution in [0, 0.1) is 0 Å². The zero-order valence-electron chi connectivity index (χ0n) is 28.5. The van der Waals surface area contributed by atoms with Gasteiger partial charge in [0.25, 0.3) is 0 Å². The van der Waals surface area contributed by atoms with E-state index in [0.717, 1.165) is 6.54 Å². The Hall–Kier alpha value is -2.02. The summed E-state index contributed by atoms with van der Waals surface area (Å²) in [4.78, 5) is 0. The van der Waals surface area contributed by atoms with E-state index in [4.69, 9.17) is 0 Å². The van der Waals surface area contributed by atoms with Crippen molar-refractivity contribution in [2.75, 3.05) is 0 Å². The van der Waals surface area contributed by atoms with Crippen molar-refractivity contribution >= 4 is 10.9 Å². The minimum Gasteiger partial charge on any atom is -0.340 e. The van der Waals surface area contributed by atoms with Crippen LogP contribution in [-0.4, -0.2) is 4.57 Å². The van der Waals surface area contributed by atoms with Gasteiger partial charge in [0.05, 0.1) is 5.69 Å². The molecule has 1 aromatic heterocycles. The Morgan fingerprint density at radius 1 is 0.419 bits per heavy atom. The maximum atomic E-state index is 2.68. The highest BCUT2D eigenvalue weighted by atomic mass is 15.0. The molecule has 0 bridgehead atoms. The highest BCUT2D eigenvalue weighted by molar-refractivity contribution is 5.92. The second-order valence-corrected chi connectivity index (χ2v) is 13.4. The summed E-state index contributed by atoms with van der Waals surface area (Å²) in [6.45, 7) is 5.75. The Bertz CT molecular complexity index is 996. The van der Waals surface area contributed by atoms with Gasteiger partial charge in [0.1, 0.15) is 0 Å². The lowest BCUT2D eigenvalue weighted by atomic mass is 9.99. The zero-order valence-corrected chi connectivity index (χ0v) is 28.5. The number of unbranched alkanes of at least 4 members (excludes halogenated alkanes) is 22. The molecule has 3 aromatic rings. The molecule has 3 rings (SSSR count). The van der Waals surface area contributed by atoms with E-state index in [9.17, 15) is 0 Å². The first-order valence-electron chi connectivity index (χ1n) is 19.0. The molecule has 0 aliphatic carbocycles. The molecule has 0 atom stereocenters. The highest BCUT2D eigenvalue weighted by Gasteiger charge is 2.18. The van der Waals surface area contributed by atoms with Crippen LogP contribution >= 0.6 is 0 Å². The van der Waals surface area contributed by atoms with Crippen molar-refractivity contribution in [3.63, 3.8) is 0 Å². The second-order valence-electron chi connectivity index (χ2n) is 13.4. The molecule has 0 aliphatic rings. The first kappa shape index (κ1) is 35.5. The van der Waals surface area contributed by atoms with Gasteiger partial charge < -0.3 is 4.57 Å². The first-order valence-corrected chi connectivity index (χ1v) is 19.0. The predicted molar refractivity (Wildman–Crippen MR) is 193 cm³/mol. The van der Waals surface area contributed by atoms with Crippen molar-refractivity contribution < 1.29 is 0 Å². The van der Waals surface area contributed by atoms with Gasteiger partial charge in [-0.3, -0.25) is 0 Å². The van der Waals surface area contributed by atoms with Gasteiger partial charge in [0.2, 0.25) is 0 Å². The van der Waals surface area contributed by atoms with Gasteiger partial charge in [-0.05, 0) is 36.5 Å². The molecule has 240 valence electrons. The van der Waals surface area contributed by atoms with Crippen LogP contribution in [0.3, 0.4) is 0 Å². The smallest absolute Gasteiger partial charge is 0.0523 e. The summed E-state index contributed by atoms with van der Waals surface area (Å²) >= 11 is 0. The number of nitrogens with zero attached hydrogens (tertiary/aromatic N) is 1. The number of hydrogen-bond acceptors (Lipinski definition) is 0. The Kier molecular flexibility index (Phi) is 19.3. The summed E-state index contributed by atoms with van der Waals surface area (Å²) in [5.41, 5.74) is 5.92. The average Bonchev–Trinajstić information content (AvgIpc) is 3.35. The topological polar surface area (TPSA) is 4.93 Å². The lowest BCUT2D eigenvalue weighted by Crippen LogP contribution is -2.02. The number of para-hydroxylation sites is 1. The lowest BCUT2D eigenvalue weighted by Gasteiger charge is -2.13. The Labute approximate surface area is 267 Å². The van der Waals surface area contributed by atoms with E-state index in [-0.39, 0.29) is 0 Å². The summed E-state index contributed by atoms with van der Waals surface area (Å²) in [6.07, 6.45) is 35.0. The van der Waals surface area contributed by atoms with E-state index >= 15 is 0 Å². The van der Waals surface area contributed by atoms with Gasteiger partial charge in [0, 0.05) is 17.4 Å². The summed E-state index contributed by atoms with van der Waals surface area (Å²) in [6, 6.07) is 20.5. The third kappa shape index (κ3) is 13.7. The van der Waals surface area contributed by atoms with Crippen LogP contribution in [0.25, 0.3) is 22.2 Å². The fourth-order valence-corrected chi connectivity index (χ4v) is 7.04. The first-order chi connectivity index (χ1) is 21.4. The number of fused-ring (bicyclic) bond motifs is 1. The predicted octanol–water partition coefficient (Wildman–Crippen LogP) is 14.3. The van der Waals surface area contributed by atoms with Crippen LogP contribution in [0.1, 0.15) is 174 Å². The van der Waals surface area contributed by atoms with E-state index < -0.39 is 0 Å². The van der Waals surface area contributed by atoms with Gasteiger partial charge in [-0.15, -0.1) is 0 Å². The summed E-state index contributed by atoms with van der Waals surface area (Å²) in [5.74, 6) is 0. The molecule has 1 heterocycles. The highest BCUT2D eigenvalue weighted by Crippen LogP contribution is 2.35. The molecule has 2 aromatic carbocycles. The Morgan fingerprint density at radius 2 is 0.837 bits per heavy atom. The number of hydrogen-bond donors (Lipinski definition) is 0. The lowest BCUT2D eigenvalue weighted by molar-refractivity contribution is 0.532. The zero-order chi connectivity index (χ0) is 30.2. The Morgan fingerprint density at radius 3 is 1.35 bits per heavy atom. The molecule has 0 saturated carbocycles. The molecular weight excluding hydrogens is 518 g/mol. The summed E-state index contributed by atoms with van der Waals surface area (Å²) in [7, 11) is 0. The molecule has 0 spiro atoms. The maximum absolute atomic E-state index is 2.68. The molecule has 0 aliphatic heterocycles. The largest absolute Gasteiger partial charge is 0.340 e. The van der Waals surface area contributed by atoms with Crippen LogP contribution in [0.15, 0.2) is 54.6 Å². The van der Waals surface area contributed by atoms with E-state index in [1.807, 2.05) is 0 Å². The Balaban J connectivity index is 1.47. The molecule has 0 saturated heterocycles. The van der Waals surface area contributed by atoms with Gasteiger partial charge in [-0.25, -0.2) is 0 Å². The third-order valence-corrected chi connectivity index (χ3v) is 9.64. The van der Waals surface area contributed by atoms with Crippen LogP contribution in [0.4, 0.5) is 0 Å². The minimum absolute atomic E-state index is 1.14. The fraction of sp³-hybridized carbons (Fsp3) is 0.667. The monoisotopic (exact) mass is 586 g/mol. The number of aryl methyl sites for hydroxylation is 2. The number of rotatable bonds is 27. The van der Waals surface area contributed by atoms with E-state index in [0.29, 0.717) is 0 Å². The molecular formula is C42H67N. The van der Waals surface area contributed by atoms with Crippen LogP contribution in [-0.2, 0) is 13.0 Å². The molecule has 1 nitrogen and oxygen atoms in total. The minimum atomic E-state index is 1.14. The quantitative estimate of drug-likeness (QED) is 0.0784. The summed E-state index contributed by atoms with van der Waals surface area (Å²) in [5, 5.41) is 1.49. The SMILES string of the molecule is CCCCCCCCCCCCCCc1c(-c2ccccc2)n(CCCCCCCCCCCCCC)c2ccccc12. The molecule has 1 heteroatoms. The third-order valence-electron chi connectivity index (χ3n) is 9.64. The molecule has 43 heavy (non-hydrogen) atoms. The van der Waals surface area contributed by atoms with E-state index in [2.05, 4.69) is 73.0 Å². The van der Waals surface area contributed by atoms with Gasteiger partial charge in [-0.2, -0.15) is 0 Å². The van der Waals surface area contributed by atoms with Crippen molar-refractivity contribution in [3.05, 3.63) is 60.2 Å². The van der Waals surface area contributed by atoms with Gasteiger partial charge >= 0.3 is 0 Å². The number of aromatic nitrogens is 1. The standard InChI is InChI=1S/C42H67N/c1-3-5-7-9-11-13-15-17-19-21-23-28-35-40-39-34-29-30-36-41(39)43(42(40)38-32-26-25-27-33-38)37-31-24-22-20-18-16-14-12-10-8-6-4-2/h25-27,29-30,32-34,36H,3-24,28,31,35,37H2,1-2H3. The molecule has 0 unspecified atom stereocenters. The maximum Gasteiger partial charge on any atom is 0.0523 e. The van der Waals surface area contributed by atoms with E-state index in [1.54, 1.807) is 5.56 Å². The van der Waals surface area contributed by atoms with Gasteiger partial charge in [0.15, 0.2) is 0 Å². The molecule has 0 amide bonds. The summed E-state index contributed by atoms with van der Waals surface area (Å²) < 4.78 is 2.68. The molecule has 0 N–H and O–H groups in total. The van der Waals surface area contributed by atoms with Crippen LogP contribution in [0.5, 0.6) is 0 Å². The van der Waals surface area contributed by atoms with Crippen molar-refractivity contribution in [2.45, 2.75) is 181 Å². The van der Waals surface area contributed by atoms with Crippen LogP contribution < -0.4 is 0 Å². The van der Waals surface area contributed by atoms with Crippen molar-refractivity contribution in [3.8, 4) is 11.3 Å². The average molecular weight is 586 g/mol. The normalized spacial score (nSPS) is 11.6. The van der Waals surface area contributed by atoms with Crippen molar-refractivity contribution in [2.24, 2.45) is 0 Å². The molecule has 0 radical (unpaired) electrons. The van der Waals surface area contributed by atoms with E-state index in [1.165, 1.54) is 183 Å². The second kappa shape index (κ2) is 23.4. The van der Waals surface area contributed by atoms with Crippen molar-refractivity contribution in [1.29, 1.82) is 0 Å².